The smallest absolute Gasteiger partial charge is 0.244 e. The Morgan fingerprint density at radius 3 is 2.76 bits per heavy atom. The van der Waals surface area contributed by atoms with E-state index in [0.29, 0.717) is 26.5 Å². The Hall–Kier alpha value is -0.820. The summed E-state index contributed by atoms with van der Waals surface area (Å²) >= 11 is 18.2. The van der Waals surface area contributed by atoms with E-state index in [-0.39, 0.29) is 23.6 Å². The van der Waals surface area contributed by atoms with Crippen LogP contribution in [-0.2, 0) is 9.59 Å². The molecule has 0 saturated carbocycles. The van der Waals surface area contributed by atoms with E-state index in [9.17, 15) is 9.59 Å². The van der Waals surface area contributed by atoms with Crippen molar-refractivity contribution >= 4 is 69.0 Å². The highest BCUT2D eigenvalue weighted by molar-refractivity contribution is 8.24. The van der Waals surface area contributed by atoms with Crippen LogP contribution >= 0.6 is 47.2 Å². The largest absolute Gasteiger partial charge is 0.323 e. The number of anilines is 1. The standard InChI is InChI=1S/C13H12Cl2N2O2S2/c1-2-10-12(19)17(13(20)21-10)6-11(18)16-9-4-3-7(14)5-8(9)15/h3-5,10H,2,6H2,1H3,(H,16,18). The molecule has 8 heteroatoms. The summed E-state index contributed by atoms with van der Waals surface area (Å²) < 4.78 is 0.434. The quantitative estimate of drug-likeness (QED) is 0.831. The predicted octanol–water partition coefficient (Wildman–Crippen LogP) is 3.57. The fourth-order valence-corrected chi connectivity index (χ4v) is 3.70. The van der Waals surface area contributed by atoms with E-state index in [0.717, 1.165) is 0 Å². The van der Waals surface area contributed by atoms with Gasteiger partial charge < -0.3 is 5.32 Å². The van der Waals surface area contributed by atoms with Gasteiger partial charge in [0.05, 0.1) is 16.0 Å². The van der Waals surface area contributed by atoms with Crippen LogP contribution in [0.3, 0.4) is 0 Å². The Bertz CT molecular complexity index is 610. The molecule has 1 N–H and O–H groups in total. The van der Waals surface area contributed by atoms with Crippen molar-refractivity contribution in [2.24, 2.45) is 0 Å². The Labute approximate surface area is 142 Å². The number of thioether (sulfide) groups is 1. The zero-order valence-electron chi connectivity index (χ0n) is 11.1. The monoisotopic (exact) mass is 362 g/mol. The Kier molecular flexibility index (Phi) is 5.48. The van der Waals surface area contributed by atoms with Gasteiger partial charge in [0.15, 0.2) is 0 Å². The van der Waals surface area contributed by atoms with Gasteiger partial charge in [0.2, 0.25) is 11.8 Å². The number of hydrogen-bond donors (Lipinski definition) is 1. The molecule has 21 heavy (non-hydrogen) atoms. The maximum atomic E-state index is 12.0. The molecular formula is C13H12Cl2N2O2S2. The average molecular weight is 363 g/mol. The lowest BCUT2D eigenvalue weighted by Gasteiger charge is -2.15. The topological polar surface area (TPSA) is 49.4 Å². The molecule has 1 heterocycles. The lowest BCUT2D eigenvalue weighted by atomic mass is 10.3. The van der Waals surface area contributed by atoms with Crippen molar-refractivity contribution in [2.45, 2.75) is 18.6 Å². The van der Waals surface area contributed by atoms with Crippen LogP contribution in [0.25, 0.3) is 0 Å². The van der Waals surface area contributed by atoms with Gasteiger partial charge in [0.1, 0.15) is 10.9 Å². The number of amides is 2. The molecule has 0 radical (unpaired) electrons. The Balaban J connectivity index is 2.02. The van der Waals surface area contributed by atoms with Crippen LogP contribution in [0.2, 0.25) is 10.0 Å². The number of benzene rings is 1. The minimum atomic E-state index is -0.354. The summed E-state index contributed by atoms with van der Waals surface area (Å²) in [5.41, 5.74) is 0.448. The molecule has 4 nitrogen and oxygen atoms in total. The zero-order chi connectivity index (χ0) is 15.6. The summed E-state index contributed by atoms with van der Waals surface area (Å²) in [6, 6.07) is 4.77. The molecule has 1 fully saturated rings. The maximum absolute atomic E-state index is 12.0. The van der Waals surface area contributed by atoms with Crippen molar-refractivity contribution in [1.29, 1.82) is 0 Å². The number of nitrogens with one attached hydrogen (secondary N) is 1. The van der Waals surface area contributed by atoms with E-state index in [1.165, 1.54) is 22.7 Å². The second-order valence-electron chi connectivity index (χ2n) is 4.38. The molecule has 1 aromatic rings. The van der Waals surface area contributed by atoms with Crippen molar-refractivity contribution in [3.63, 3.8) is 0 Å². The summed E-state index contributed by atoms with van der Waals surface area (Å²) in [7, 11) is 0. The van der Waals surface area contributed by atoms with E-state index < -0.39 is 0 Å². The van der Waals surface area contributed by atoms with Gasteiger partial charge in [-0.1, -0.05) is 54.1 Å². The van der Waals surface area contributed by atoms with Crippen molar-refractivity contribution in [1.82, 2.24) is 4.90 Å². The van der Waals surface area contributed by atoms with Crippen molar-refractivity contribution in [2.75, 3.05) is 11.9 Å². The first-order valence-electron chi connectivity index (χ1n) is 6.19. The molecule has 0 bridgehead atoms. The first kappa shape index (κ1) is 16.5. The number of carbonyl (C=O) groups is 2. The Morgan fingerprint density at radius 2 is 2.19 bits per heavy atom. The highest BCUT2D eigenvalue weighted by Gasteiger charge is 2.36. The van der Waals surface area contributed by atoms with Crippen LogP contribution in [0.1, 0.15) is 13.3 Å². The molecule has 1 atom stereocenters. The normalized spacial score (nSPS) is 18.2. The SMILES string of the molecule is CCC1SC(=S)N(CC(=O)Nc2ccc(Cl)cc2Cl)C1=O. The van der Waals surface area contributed by atoms with E-state index >= 15 is 0 Å². The predicted molar refractivity (Wildman–Crippen MR) is 91.1 cm³/mol. The van der Waals surface area contributed by atoms with Gasteiger partial charge in [-0.3, -0.25) is 14.5 Å². The Morgan fingerprint density at radius 1 is 1.48 bits per heavy atom. The molecule has 1 aromatic carbocycles. The van der Waals surface area contributed by atoms with E-state index in [1.807, 2.05) is 6.92 Å². The van der Waals surface area contributed by atoms with Crippen LogP contribution in [-0.4, -0.2) is 32.8 Å². The second kappa shape index (κ2) is 6.96. The third-order valence-corrected chi connectivity index (χ3v) is 5.18. The second-order valence-corrected chi connectivity index (χ2v) is 7.06. The van der Waals surface area contributed by atoms with Crippen molar-refractivity contribution < 1.29 is 9.59 Å². The number of rotatable bonds is 4. The van der Waals surface area contributed by atoms with Gasteiger partial charge in [-0.15, -0.1) is 0 Å². The van der Waals surface area contributed by atoms with Gasteiger partial charge >= 0.3 is 0 Å². The fourth-order valence-electron chi connectivity index (χ4n) is 1.82. The molecule has 1 unspecified atom stereocenters. The summed E-state index contributed by atoms with van der Waals surface area (Å²) in [4.78, 5) is 25.4. The molecule has 2 rings (SSSR count). The fraction of sp³-hybridized carbons (Fsp3) is 0.308. The molecule has 1 aliphatic rings. The molecule has 1 saturated heterocycles. The molecule has 0 spiro atoms. The number of carbonyl (C=O) groups excluding carboxylic acids is 2. The molecule has 2 amide bonds. The van der Waals surface area contributed by atoms with Gasteiger partial charge in [-0.25, -0.2) is 0 Å². The summed E-state index contributed by atoms with van der Waals surface area (Å²) in [5, 5.41) is 3.28. The van der Waals surface area contributed by atoms with E-state index in [2.05, 4.69) is 5.32 Å². The zero-order valence-corrected chi connectivity index (χ0v) is 14.2. The van der Waals surface area contributed by atoms with E-state index in [4.69, 9.17) is 35.4 Å². The molecule has 0 aliphatic carbocycles. The number of halogens is 2. The molecule has 1 aliphatic heterocycles. The van der Waals surface area contributed by atoms with Gasteiger partial charge in [-0.05, 0) is 24.6 Å². The maximum Gasteiger partial charge on any atom is 0.244 e. The molecular weight excluding hydrogens is 351 g/mol. The van der Waals surface area contributed by atoms with Crippen LogP contribution in [0.5, 0.6) is 0 Å². The minimum Gasteiger partial charge on any atom is -0.323 e. The van der Waals surface area contributed by atoms with Crippen LogP contribution in [0.4, 0.5) is 5.69 Å². The first-order valence-corrected chi connectivity index (χ1v) is 8.23. The summed E-state index contributed by atoms with van der Waals surface area (Å²) in [6.07, 6.45) is 0.685. The molecule has 112 valence electrons. The highest BCUT2D eigenvalue weighted by Crippen LogP contribution is 2.29. The van der Waals surface area contributed by atoms with Crippen molar-refractivity contribution in [3.05, 3.63) is 28.2 Å². The average Bonchev–Trinajstić information content (AvgIpc) is 2.69. The first-order chi connectivity index (χ1) is 9.92. The highest BCUT2D eigenvalue weighted by atomic mass is 35.5. The van der Waals surface area contributed by atoms with E-state index in [1.54, 1.807) is 12.1 Å². The van der Waals surface area contributed by atoms with Crippen LogP contribution < -0.4 is 5.32 Å². The van der Waals surface area contributed by atoms with Crippen molar-refractivity contribution in [3.8, 4) is 0 Å². The number of hydrogen-bond acceptors (Lipinski definition) is 4. The third kappa shape index (κ3) is 3.88. The lowest BCUT2D eigenvalue weighted by molar-refractivity contribution is -0.129. The number of thiocarbonyl (C=S) groups is 1. The lowest BCUT2D eigenvalue weighted by Crippen LogP contribution is -2.38. The van der Waals surface area contributed by atoms with Gasteiger partial charge in [0.25, 0.3) is 0 Å². The minimum absolute atomic E-state index is 0.111. The van der Waals surface area contributed by atoms with Gasteiger partial charge in [0, 0.05) is 5.02 Å². The summed E-state index contributed by atoms with van der Waals surface area (Å²) in [6.45, 7) is 1.80. The van der Waals surface area contributed by atoms with Gasteiger partial charge in [-0.2, -0.15) is 0 Å². The van der Waals surface area contributed by atoms with Crippen LogP contribution in [0, 0.1) is 0 Å². The third-order valence-electron chi connectivity index (χ3n) is 2.88. The summed E-state index contributed by atoms with van der Waals surface area (Å²) in [5.74, 6) is -0.475. The van der Waals surface area contributed by atoms with Crippen LogP contribution in [0.15, 0.2) is 18.2 Å². The molecule has 0 aromatic heterocycles. The number of nitrogens with zero attached hydrogens (tertiary/aromatic N) is 1.